The minimum absolute atomic E-state index is 0.265. The smallest absolute Gasteiger partial charge is 0.223 e. The molecule has 1 aliphatic rings. The molecule has 0 aliphatic carbocycles. The van der Waals surface area contributed by atoms with Crippen LogP contribution in [0, 0.1) is 6.92 Å². The number of hydrogen-bond acceptors (Lipinski definition) is 2. The Morgan fingerprint density at radius 2 is 1.79 bits per heavy atom. The predicted octanol–water partition coefficient (Wildman–Crippen LogP) is 5.22. The van der Waals surface area contributed by atoms with Gasteiger partial charge in [-0.3, -0.25) is 4.79 Å². The van der Waals surface area contributed by atoms with Crippen LogP contribution in [0.1, 0.15) is 55.7 Å². The predicted molar refractivity (Wildman–Crippen MR) is 121 cm³/mol. The number of rotatable bonds is 9. The molecule has 3 nitrogen and oxygen atoms in total. The molecule has 2 aromatic rings. The number of benzene rings is 2. The van der Waals surface area contributed by atoms with E-state index in [1.165, 1.54) is 42.5 Å². The molecule has 0 aromatic heterocycles. The zero-order valence-corrected chi connectivity index (χ0v) is 18.1. The summed E-state index contributed by atoms with van der Waals surface area (Å²) in [6.45, 7) is 8.30. The van der Waals surface area contributed by atoms with Gasteiger partial charge in [-0.2, -0.15) is 0 Å². The first-order valence-electron chi connectivity index (χ1n) is 11.2. The summed E-state index contributed by atoms with van der Waals surface area (Å²) < 4.78 is 0. The van der Waals surface area contributed by atoms with Crippen LogP contribution in [0.2, 0.25) is 0 Å². The van der Waals surface area contributed by atoms with E-state index in [1.807, 2.05) is 18.2 Å². The summed E-state index contributed by atoms with van der Waals surface area (Å²) in [5, 5.41) is 0. The summed E-state index contributed by atoms with van der Waals surface area (Å²) in [6, 6.07) is 19.6. The fraction of sp³-hybridized carbons (Fsp3) is 0.500. The molecule has 2 aromatic carbocycles. The third-order valence-electron chi connectivity index (χ3n) is 6.13. The van der Waals surface area contributed by atoms with Crippen molar-refractivity contribution in [2.45, 2.75) is 65.0 Å². The van der Waals surface area contributed by atoms with Crippen molar-refractivity contribution >= 4 is 5.91 Å². The topological polar surface area (TPSA) is 23.6 Å². The average molecular weight is 393 g/mol. The second kappa shape index (κ2) is 11.2. The molecular formula is C26H36N2O. The van der Waals surface area contributed by atoms with Crippen LogP contribution in [-0.2, 0) is 17.8 Å². The first-order chi connectivity index (χ1) is 14.1. The van der Waals surface area contributed by atoms with Crippen molar-refractivity contribution in [3.8, 4) is 0 Å². The van der Waals surface area contributed by atoms with Crippen LogP contribution in [0.4, 0.5) is 0 Å². The first-order valence-corrected chi connectivity index (χ1v) is 11.2. The molecular weight excluding hydrogens is 356 g/mol. The fourth-order valence-electron chi connectivity index (χ4n) is 4.21. The molecule has 0 spiro atoms. The lowest BCUT2D eigenvalue weighted by molar-refractivity contribution is -0.131. The second-order valence-corrected chi connectivity index (χ2v) is 8.52. The van der Waals surface area contributed by atoms with Gasteiger partial charge in [0.05, 0.1) is 0 Å². The Morgan fingerprint density at radius 3 is 2.52 bits per heavy atom. The number of aryl methyl sites for hydroxylation is 2. The van der Waals surface area contributed by atoms with E-state index in [2.05, 4.69) is 60.0 Å². The van der Waals surface area contributed by atoms with Gasteiger partial charge in [0.2, 0.25) is 5.91 Å². The van der Waals surface area contributed by atoms with Crippen molar-refractivity contribution in [2.24, 2.45) is 0 Å². The number of carbonyl (C=O) groups is 1. The van der Waals surface area contributed by atoms with Crippen molar-refractivity contribution in [3.63, 3.8) is 0 Å². The standard InChI is InChI=1S/C26H36N2O/c1-22-12-14-25(15-13-22)21-28(20-8-19-27-18-7-6-9-23(27)2)26(29)17-16-24-10-4-3-5-11-24/h3-5,10-15,23H,6-9,16-21H2,1-2H3. The van der Waals surface area contributed by atoms with Gasteiger partial charge in [0, 0.05) is 32.1 Å². The molecule has 1 aliphatic heterocycles. The third-order valence-corrected chi connectivity index (χ3v) is 6.13. The van der Waals surface area contributed by atoms with Crippen LogP contribution < -0.4 is 0 Å². The van der Waals surface area contributed by atoms with E-state index < -0.39 is 0 Å². The molecule has 0 N–H and O–H groups in total. The van der Waals surface area contributed by atoms with Gasteiger partial charge in [-0.1, -0.05) is 66.6 Å². The van der Waals surface area contributed by atoms with Crippen LogP contribution in [-0.4, -0.2) is 41.4 Å². The number of nitrogens with zero attached hydrogens (tertiary/aromatic N) is 2. The van der Waals surface area contributed by atoms with Crippen molar-refractivity contribution in [1.82, 2.24) is 9.80 Å². The van der Waals surface area contributed by atoms with Crippen LogP contribution in [0.3, 0.4) is 0 Å². The van der Waals surface area contributed by atoms with Gasteiger partial charge in [-0.25, -0.2) is 0 Å². The normalized spacial score (nSPS) is 17.2. The van der Waals surface area contributed by atoms with E-state index >= 15 is 0 Å². The number of likely N-dealkylation sites (tertiary alicyclic amines) is 1. The van der Waals surface area contributed by atoms with Gasteiger partial charge in [0.15, 0.2) is 0 Å². The molecule has 1 fully saturated rings. The molecule has 1 unspecified atom stereocenters. The molecule has 0 saturated carbocycles. The Bertz CT molecular complexity index is 741. The van der Waals surface area contributed by atoms with Gasteiger partial charge < -0.3 is 9.80 Å². The SMILES string of the molecule is Cc1ccc(CN(CCCN2CCCCC2C)C(=O)CCc2ccccc2)cc1. The lowest BCUT2D eigenvalue weighted by Gasteiger charge is -2.34. The highest BCUT2D eigenvalue weighted by Crippen LogP contribution is 2.17. The molecule has 1 heterocycles. The Balaban J connectivity index is 1.57. The molecule has 156 valence electrons. The maximum atomic E-state index is 13.0. The quantitative estimate of drug-likeness (QED) is 0.584. The summed E-state index contributed by atoms with van der Waals surface area (Å²) in [4.78, 5) is 17.7. The van der Waals surface area contributed by atoms with Crippen molar-refractivity contribution < 1.29 is 4.79 Å². The molecule has 29 heavy (non-hydrogen) atoms. The molecule has 1 atom stereocenters. The Morgan fingerprint density at radius 1 is 1.03 bits per heavy atom. The Labute approximate surface area is 176 Å². The minimum atomic E-state index is 0.265. The van der Waals surface area contributed by atoms with E-state index in [-0.39, 0.29) is 5.91 Å². The van der Waals surface area contributed by atoms with Gasteiger partial charge in [-0.15, -0.1) is 0 Å². The van der Waals surface area contributed by atoms with E-state index in [9.17, 15) is 4.79 Å². The van der Waals surface area contributed by atoms with Crippen molar-refractivity contribution in [3.05, 3.63) is 71.3 Å². The van der Waals surface area contributed by atoms with Crippen molar-refractivity contribution in [1.29, 1.82) is 0 Å². The van der Waals surface area contributed by atoms with E-state index in [0.29, 0.717) is 19.0 Å². The molecule has 1 amide bonds. The summed E-state index contributed by atoms with van der Waals surface area (Å²) in [7, 11) is 0. The molecule has 1 saturated heterocycles. The maximum Gasteiger partial charge on any atom is 0.223 e. The number of carbonyl (C=O) groups excluding carboxylic acids is 1. The molecule has 0 radical (unpaired) electrons. The zero-order valence-electron chi connectivity index (χ0n) is 18.1. The average Bonchev–Trinajstić information content (AvgIpc) is 2.75. The van der Waals surface area contributed by atoms with Crippen molar-refractivity contribution in [2.75, 3.05) is 19.6 Å². The maximum absolute atomic E-state index is 13.0. The molecule has 3 heteroatoms. The number of amides is 1. The largest absolute Gasteiger partial charge is 0.338 e. The summed E-state index contributed by atoms with van der Waals surface area (Å²) in [5.74, 6) is 0.265. The van der Waals surface area contributed by atoms with E-state index in [1.54, 1.807) is 0 Å². The molecule has 0 bridgehead atoms. The molecule has 3 rings (SSSR count). The summed E-state index contributed by atoms with van der Waals surface area (Å²) >= 11 is 0. The van der Waals surface area contributed by atoms with Crippen LogP contribution in [0.15, 0.2) is 54.6 Å². The lowest BCUT2D eigenvalue weighted by atomic mass is 10.0. The number of hydrogen-bond donors (Lipinski definition) is 0. The zero-order chi connectivity index (χ0) is 20.5. The monoisotopic (exact) mass is 392 g/mol. The van der Waals surface area contributed by atoms with Gasteiger partial charge in [0.1, 0.15) is 0 Å². The van der Waals surface area contributed by atoms with Crippen LogP contribution >= 0.6 is 0 Å². The highest BCUT2D eigenvalue weighted by molar-refractivity contribution is 5.76. The van der Waals surface area contributed by atoms with E-state index in [4.69, 9.17) is 0 Å². The Hall–Kier alpha value is -2.13. The number of piperidine rings is 1. The van der Waals surface area contributed by atoms with Crippen LogP contribution in [0.5, 0.6) is 0 Å². The lowest BCUT2D eigenvalue weighted by Crippen LogP contribution is -2.40. The van der Waals surface area contributed by atoms with Gasteiger partial charge in [-0.05, 0) is 57.2 Å². The van der Waals surface area contributed by atoms with Crippen LogP contribution in [0.25, 0.3) is 0 Å². The second-order valence-electron chi connectivity index (χ2n) is 8.52. The first kappa shape index (κ1) is 21.6. The van der Waals surface area contributed by atoms with Gasteiger partial charge in [0.25, 0.3) is 0 Å². The Kier molecular flexibility index (Phi) is 8.30. The third kappa shape index (κ3) is 7.01. The van der Waals surface area contributed by atoms with E-state index in [0.717, 1.165) is 25.9 Å². The highest BCUT2D eigenvalue weighted by atomic mass is 16.2. The van der Waals surface area contributed by atoms with Gasteiger partial charge >= 0.3 is 0 Å². The summed E-state index contributed by atoms with van der Waals surface area (Å²) in [5.41, 5.74) is 3.71. The summed E-state index contributed by atoms with van der Waals surface area (Å²) in [6.07, 6.45) is 6.42. The fourth-order valence-corrected chi connectivity index (χ4v) is 4.21. The highest BCUT2D eigenvalue weighted by Gasteiger charge is 2.19. The minimum Gasteiger partial charge on any atom is -0.338 e.